The monoisotopic (exact) mass is 256 g/mol. The highest BCUT2D eigenvalue weighted by atomic mass is 15.2. The SMILES string of the molecule is CC1(C2CC2)CN(CC2CC2)c2ccccc2CN1. The van der Waals surface area contributed by atoms with Gasteiger partial charge >= 0.3 is 0 Å². The number of fused-ring (bicyclic) bond motifs is 1. The van der Waals surface area contributed by atoms with Gasteiger partial charge in [-0.1, -0.05) is 18.2 Å². The molecule has 2 saturated carbocycles. The Bertz CT molecular complexity index is 476. The zero-order valence-corrected chi connectivity index (χ0v) is 11.9. The van der Waals surface area contributed by atoms with Crippen molar-refractivity contribution >= 4 is 5.69 Å². The van der Waals surface area contributed by atoms with Crippen molar-refractivity contribution in [3.05, 3.63) is 29.8 Å². The molecule has 1 aromatic rings. The third-order valence-corrected chi connectivity index (χ3v) is 5.19. The number of benzene rings is 1. The molecule has 0 spiro atoms. The molecule has 4 rings (SSSR count). The van der Waals surface area contributed by atoms with Gasteiger partial charge < -0.3 is 10.2 Å². The second kappa shape index (κ2) is 4.24. The van der Waals surface area contributed by atoms with Crippen molar-refractivity contribution in [3.8, 4) is 0 Å². The Morgan fingerprint density at radius 1 is 1.21 bits per heavy atom. The molecule has 0 amide bonds. The molecule has 0 bridgehead atoms. The van der Waals surface area contributed by atoms with Gasteiger partial charge in [-0.25, -0.2) is 0 Å². The van der Waals surface area contributed by atoms with Gasteiger partial charge in [0.1, 0.15) is 0 Å². The molecule has 0 radical (unpaired) electrons. The van der Waals surface area contributed by atoms with E-state index in [-0.39, 0.29) is 0 Å². The Labute approximate surface area is 116 Å². The molecule has 2 fully saturated rings. The first kappa shape index (κ1) is 11.8. The maximum absolute atomic E-state index is 3.86. The van der Waals surface area contributed by atoms with E-state index >= 15 is 0 Å². The number of anilines is 1. The van der Waals surface area contributed by atoms with E-state index in [0.717, 1.165) is 18.4 Å². The second-order valence-corrected chi connectivity index (χ2v) is 7.00. The molecule has 3 aliphatic rings. The first-order chi connectivity index (χ1) is 9.24. The maximum Gasteiger partial charge on any atom is 0.0412 e. The van der Waals surface area contributed by atoms with Crippen LogP contribution in [0.2, 0.25) is 0 Å². The fraction of sp³-hybridized carbons (Fsp3) is 0.647. The number of hydrogen-bond donors (Lipinski definition) is 1. The maximum atomic E-state index is 3.86. The summed E-state index contributed by atoms with van der Waals surface area (Å²) in [7, 11) is 0. The van der Waals surface area contributed by atoms with Crippen LogP contribution >= 0.6 is 0 Å². The number of rotatable bonds is 3. The molecule has 1 unspecified atom stereocenters. The normalized spacial score (nSPS) is 30.9. The average Bonchev–Trinajstić information content (AvgIpc) is 3.28. The zero-order valence-electron chi connectivity index (χ0n) is 11.9. The first-order valence-corrected chi connectivity index (χ1v) is 7.82. The largest absolute Gasteiger partial charge is 0.369 e. The molecule has 1 heterocycles. The van der Waals surface area contributed by atoms with Crippen LogP contribution in [-0.2, 0) is 6.54 Å². The fourth-order valence-corrected chi connectivity index (χ4v) is 3.57. The van der Waals surface area contributed by atoms with E-state index in [4.69, 9.17) is 0 Å². The predicted molar refractivity (Wildman–Crippen MR) is 79.3 cm³/mol. The summed E-state index contributed by atoms with van der Waals surface area (Å²) in [5.41, 5.74) is 3.27. The van der Waals surface area contributed by atoms with Crippen LogP contribution in [0.5, 0.6) is 0 Å². The van der Waals surface area contributed by atoms with Gasteiger partial charge in [0.05, 0.1) is 0 Å². The smallest absolute Gasteiger partial charge is 0.0412 e. The summed E-state index contributed by atoms with van der Waals surface area (Å²) < 4.78 is 0. The van der Waals surface area contributed by atoms with Crippen LogP contribution in [0.1, 0.15) is 38.2 Å². The number of hydrogen-bond acceptors (Lipinski definition) is 2. The standard InChI is InChI=1S/C17H24N2/c1-17(15-8-9-15)12-19(11-13-6-7-13)16-5-3-2-4-14(16)10-18-17/h2-5,13,15,18H,6-12H2,1H3. The van der Waals surface area contributed by atoms with Crippen molar-refractivity contribution in [2.24, 2.45) is 11.8 Å². The van der Waals surface area contributed by atoms with Crippen molar-refractivity contribution in [2.75, 3.05) is 18.0 Å². The van der Waals surface area contributed by atoms with Crippen LogP contribution in [0, 0.1) is 11.8 Å². The van der Waals surface area contributed by atoms with Gasteiger partial charge in [0, 0.05) is 30.9 Å². The van der Waals surface area contributed by atoms with Crippen LogP contribution in [-0.4, -0.2) is 18.6 Å². The minimum atomic E-state index is 0.313. The lowest BCUT2D eigenvalue weighted by molar-refractivity contribution is 0.315. The summed E-state index contributed by atoms with van der Waals surface area (Å²) in [5, 5.41) is 3.86. The van der Waals surface area contributed by atoms with Gasteiger partial charge in [-0.3, -0.25) is 0 Å². The van der Waals surface area contributed by atoms with Gasteiger partial charge in [-0.2, -0.15) is 0 Å². The number of nitrogens with one attached hydrogen (secondary N) is 1. The van der Waals surface area contributed by atoms with E-state index in [0.29, 0.717) is 5.54 Å². The average molecular weight is 256 g/mol. The third kappa shape index (κ3) is 2.27. The molecule has 0 aromatic heterocycles. The molecule has 2 aliphatic carbocycles. The van der Waals surface area contributed by atoms with E-state index in [1.807, 2.05) is 0 Å². The lowest BCUT2D eigenvalue weighted by atomic mass is 9.95. The van der Waals surface area contributed by atoms with E-state index in [9.17, 15) is 0 Å². The van der Waals surface area contributed by atoms with Gasteiger partial charge in [-0.05, 0) is 56.1 Å². The molecular weight excluding hydrogens is 232 g/mol. The van der Waals surface area contributed by atoms with Crippen LogP contribution in [0.15, 0.2) is 24.3 Å². The quantitative estimate of drug-likeness (QED) is 0.893. The fourth-order valence-electron chi connectivity index (χ4n) is 3.57. The molecular formula is C17H24N2. The molecule has 19 heavy (non-hydrogen) atoms. The Balaban J connectivity index is 1.66. The van der Waals surface area contributed by atoms with E-state index < -0.39 is 0 Å². The van der Waals surface area contributed by atoms with Crippen molar-refractivity contribution < 1.29 is 0 Å². The summed E-state index contributed by atoms with van der Waals surface area (Å²) in [6.45, 7) is 5.92. The van der Waals surface area contributed by atoms with Gasteiger partial charge in [0.2, 0.25) is 0 Å². The van der Waals surface area contributed by atoms with Crippen LogP contribution in [0.3, 0.4) is 0 Å². The van der Waals surface area contributed by atoms with Gasteiger partial charge in [-0.15, -0.1) is 0 Å². The highest BCUT2D eigenvalue weighted by Crippen LogP contribution is 2.43. The Morgan fingerprint density at radius 3 is 2.74 bits per heavy atom. The second-order valence-electron chi connectivity index (χ2n) is 7.00. The van der Waals surface area contributed by atoms with Crippen LogP contribution in [0.25, 0.3) is 0 Å². The van der Waals surface area contributed by atoms with Crippen molar-refractivity contribution in [2.45, 2.75) is 44.7 Å². The molecule has 2 heteroatoms. The summed E-state index contributed by atoms with van der Waals surface area (Å²) in [6, 6.07) is 8.98. The molecule has 1 N–H and O–H groups in total. The van der Waals surface area contributed by atoms with E-state index in [1.54, 1.807) is 0 Å². The summed E-state index contributed by atoms with van der Waals surface area (Å²) >= 11 is 0. The Hall–Kier alpha value is -1.02. The van der Waals surface area contributed by atoms with Crippen LogP contribution < -0.4 is 10.2 Å². The Kier molecular flexibility index (Phi) is 2.63. The lowest BCUT2D eigenvalue weighted by Gasteiger charge is -2.35. The molecule has 1 atom stereocenters. The third-order valence-electron chi connectivity index (χ3n) is 5.19. The molecule has 2 nitrogen and oxygen atoms in total. The van der Waals surface area contributed by atoms with E-state index in [2.05, 4.69) is 41.4 Å². The van der Waals surface area contributed by atoms with E-state index in [1.165, 1.54) is 50.0 Å². The van der Waals surface area contributed by atoms with Crippen molar-refractivity contribution in [1.82, 2.24) is 5.32 Å². The summed E-state index contributed by atoms with van der Waals surface area (Å²) in [6.07, 6.45) is 5.70. The van der Waals surface area contributed by atoms with Gasteiger partial charge in [0.25, 0.3) is 0 Å². The predicted octanol–water partition coefficient (Wildman–Crippen LogP) is 3.17. The Morgan fingerprint density at radius 2 is 2.00 bits per heavy atom. The number of nitrogens with zero attached hydrogens (tertiary/aromatic N) is 1. The van der Waals surface area contributed by atoms with Crippen molar-refractivity contribution in [3.63, 3.8) is 0 Å². The minimum absolute atomic E-state index is 0.313. The first-order valence-electron chi connectivity index (χ1n) is 7.82. The highest BCUT2D eigenvalue weighted by molar-refractivity contribution is 5.55. The van der Waals surface area contributed by atoms with Gasteiger partial charge in [0.15, 0.2) is 0 Å². The number of para-hydroxylation sites is 1. The zero-order chi connectivity index (χ0) is 12.9. The molecule has 1 aliphatic heterocycles. The highest BCUT2D eigenvalue weighted by Gasteiger charge is 2.44. The lowest BCUT2D eigenvalue weighted by Crippen LogP contribution is -2.51. The summed E-state index contributed by atoms with van der Waals surface area (Å²) in [4.78, 5) is 2.67. The van der Waals surface area contributed by atoms with Crippen molar-refractivity contribution in [1.29, 1.82) is 0 Å². The summed E-state index contributed by atoms with van der Waals surface area (Å²) in [5.74, 6) is 1.85. The molecule has 0 saturated heterocycles. The van der Waals surface area contributed by atoms with Crippen LogP contribution in [0.4, 0.5) is 5.69 Å². The molecule has 102 valence electrons. The topological polar surface area (TPSA) is 15.3 Å². The molecule has 1 aromatic carbocycles. The minimum Gasteiger partial charge on any atom is -0.369 e.